The molecule has 4 rings (SSSR count). The molecule has 0 saturated carbocycles. The molecular weight excluding hydrogens is 494 g/mol. The van der Waals surface area contributed by atoms with E-state index in [-0.39, 0.29) is 22.5 Å². The van der Waals surface area contributed by atoms with Crippen LogP contribution in [0.5, 0.6) is 0 Å². The Morgan fingerprint density at radius 1 is 0.944 bits per heavy atom. The normalized spacial score (nSPS) is 14.2. The van der Waals surface area contributed by atoms with Crippen molar-refractivity contribution in [1.82, 2.24) is 14.8 Å². The molecule has 1 saturated heterocycles. The summed E-state index contributed by atoms with van der Waals surface area (Å²) in [6.45, 7) is 5.54. The van der Waals surface area contributed by atoms with Gasteiger partial charge in [-0.3, -0.25) is 9.59 Å². The van der Waals surface area contributed by atoms with Crippen molar-refractivity contribution in [3.63, 3.8) is 0 Å². The van der Waals surface area contributed by atoms with Crippen LogP contribution in [-0.2, 0) is 22.0 Å². The molecule has 1 aliphatic rings. The number of thiazole rings is 1. The van der Waals surface area contributed by atoms with Crippen molar-refractivity contribution in [2.24, 2.45) is 0 Å². The van der Waals surface area contributed by atoms with Crippen molar-refractivity contribution >= 4 is 33.0 Å². The van der Waals surface area contributed by atoms with E-state index in [0.29, 0.717) is 37.4 Å². The van der Waals surface area contributed by atoms with Gasteiger partial charge in [0, 0.05) is 37.1 Å². The van der Waals surface area contributed by atoms with Gasteiger partial charge in [-0.1, -0.05) is 43.7 Å². The van der Waals surface area contributed by atoms with Gasteiger partial charge >= 0.3 is 0 Å². The third kappa shape index (κ3) is 6.02. The minimum Gasteiger partial charge on any atom is -0.335 e. The van der Waals surface area contributed by atoms with Crippen molar-refractivity contribution in [3.8, 4) is 0 Å². The van der Waals surface area contributed by atoms with E-state index in [1.54, 1.807) is 39.7 Å². The number of benzene rings is 2. The van der Waals surface area contributed by atoms with Crippen LogP contribution in [0.3, 0.4) is 0 Å². The molecule has 190 valence electrons. The summed E-state index contributed by atoms with van der Waals surface area (Å²) < 4.78 is 26.4. The van der Waals surface area contributed by atoms with Gasteiger partial charge in [-0.2, -0.15) is 0 Å². The predicted octanol–water partition coefficient (Wildman–Crippen LogP) is 4.37. The maximum atomic E-state index is 13.3. The lowest BCUT2D eigenvalue weighted by Gasteiger charge is -2.34. The molecule has 0 aliphatic carbocycles. The van der Waals surface area contributed by atoms with Gasteiger partial charge in [0.2, 0.25) is 0 Å². The van der Waals surface area contributed by atoms with Crippen LogP contribution in [0.25, 0.3) is 0 Å². The molecule has 0 spiro atoms. The van der Waals surface area contributed by atoms with Gasteiger partial charge in [0.25, 0.3) is 11.8 Å². The van der Waals surface area contributed by atoms with Crippen molar-refractivity contribution in [2.45, 2.75) is 43.8 Å². The zero-order valence-corrected chi connectivity index (χ0v) is 22.3. The summed E-state index contributed by atoms with van der Waals surface area (Å²) >= 11 is 1.37. The first kappa shape index (κ1) is 26.0. The summed E-state index contributed by atoms with van der Waals surface area (Å²) in [6.07, 6.45) is 3.21. The van der Waals surface area contributed by atoms with Gasteiger partial charge in [0.1, 0.15) is 5.69 Å². The van der Waals surface area contributed by atoms with Crippen LogP contribution in [0.4, 0.5) is 0 Å². The number of aromatic nitrogens is 1. The quantitative estimate of drug-likeness (QED) is 0.436. The Morgan fingerprint density at radius 2 is 1.58 bits per heavy atom. The van der Waals surface area contributed by atoms with E-state index in [9.17, 15) is 18.0 Å². The number of rotatable bonds is 8. The van der Waals surface area contributed by atoms with Crippen molar-refractivity contribution in [1.29, 1.82) is 0 Å². The Hall–Kier alpha value is -3.04. The number of hydrogen-bond donors (Lipinski definition) is 0. The van der Waals surface area contributed by atoms with Crippen LogP contribution >= 0.6 is 11.3 Å². The SMILES string of the molecule is CCCCc1ccc(CS(=O)(=O)c2ccc(C)c(C(=O)N3CCN(C(=O)c4cscn4)CC3)c2)cc1. The first-order chi connectivity index (χ1) is 17.3. The van der Waals surface area contributed by atoms with Crippen LogP contribution < -0.4 is 0 Å². The molecule has 1 aliphatic heterocycles. The molecule has 1 fully saturated rings. The van der Waals surface area contributed by atoms with Gasteiger partial charge < -0.3 is 9.80 Å². The first-order valence-corrected chi connectivity index (χ1v) is 14.8. The summed E-state index contributed by atoms with van der Waals surface area (Å²) in [5, 5.41) is 1.72. The zero-order valence-electron chi connectivity index (χ0n) is 20.6. The second-order valence-electron chi connectivity index (χ2n) is 9.11. The molecule has 0 unspecified atom stereocenters. The lowest BCUT2D eigenvalue weighted by atomic mass is 10.1. The second kappa shape index (κ2) is 11.3. The second-order valence-corrected chi connectivity index (χ2v) is 11.8. The fourth-order valence-corrected chi connectivity index (χ4v) is 6.17. The molecule has 0 N–H and O–H groups in total. The number of aryl methyl sites for hydroxylation is 2. The molecule has 2 aromatic carbocycles. The smallest absolute Gasteiger partial charge is 0.273 e. The van der Waals surface area contributed by atoms with Gasteiger partial charge in [-0.25, -0.2) is 13.4 Å². The number of carbonyl (C=O) groups excluding carboxylic acids is 2. The van der Waals surface area contributed by atoms with E-state index < -0.39 is 9.84 Å². The number of amides is 2. The van der Waals surface area contributed by atoms with Crippen LogP contribution in [-0.4, -0.2) is 61.2 Å². The minimum atomic E-state index is -3.62. The summed E-state index contributed by atoms with van der Waals surface area (Å²) in [5.41, 5.74) is 5.08. The van der Waals surface area contributed by atoms with Crippen molar-refractivity contribution in [3.05, 3.63) is 81.3 Å². The van der Waals surface area contributed by atoms with Gasteiger partial charge in [-0.15, -0.1) is 11.3 Å². The number of nitrogens with zero attached hydrogens (tertiary/aromatic N) is 3. The highest BCUT2D eigenvalue weighted by atomic mass is 32.2. The first-order valence-electron chi connectivity index (χ1n) is 12.2. The van der Waals surface area contributed by atoms with Crippen LogP contribution in [0.15, 0.2) is 58.3 Å². The van der Waals surface area contributed by atoms with Gasteiger partial charge in [0.15, 0.2) is 9.84 Å². The Morgan fingerprint density at radius 3 is 2.19 bits per heavy atom. The monoisotopic (exact) mass is 525 g/mol. The minimum absolute atomic E-state index is 0.116. The Bertz CT molecular complexity index is 1310. The van der Waals surface area contributed by atoms with Crippen molar-refractivity contribution < 1.29 is 18.0 Å². The Labute approximate surface area is 216 Å². The lowest BCUT2D eigenvalue weighted by Crippen LogP contribution is -2.50. The van der Waals surface area contributed by atoms with E-state index >= 15 is 0 Å². The standard InChI is InChI=1S/C27H31N3O4S2/c1-3-4-5-21-7-9-22(10-8-21)18-36(33,34)23-11-6-20(2)24(16-23)26(31)29-12-14-30(15-13-29)27(32)25-17-35-19-28-25/h6-11,16-17,19H,3-5,12-15,18H2,1-2H3. The van der Waals surface area contributed by atoms with E-state index in [1.165, 1.54) is 23.0 Å². The van der Waals surface area contributed by atoms with E-state index in [0.717, 1.165) is 30.4 Å². The molecule has 3 aromatic rings. The van der Waals surface area contributed by atoms with Gasteiger partial charge in [-0.05, 0) is 48.6 Å². The summed E-state index contributed by atoms with van der Waals surface area (Å²) in [4.78, 5) is 33.4. The maximum Gasteiger partial charge on any atom is 0.273 e. The predicted molar refractivity (Wildman–Crippen MR) is 141 cm³/mol. The third-order valence-electron chi connectivity index (χ3n) is 6.50. The zero-order chi connectivity index (χ0) is 25.7. The van der Waals surface area contributed by atoms with Gasteiger partial charge in [0.05, 0.1) is 16.2 Å². The number of carbonyl (C=O) groups is 2. The van der Waals surface area contributed by atoms with E-state index in [2.05, 4.69) is 11.9 Å². The Balaban J connectivity index is 1.44. The number of hydrogen-bond acceptors (Lipinski definition) is 6. The maximum absolute atomic E-state index is 13.3. The average Bonchev–Trinajstić information content (AvgIpc) is 3.43. The number of unbranched alkanes of at least 4 members (excludes halogenated alkanes) is 1. The molecular formula is C27H31N3O4S2. The molecule has 0 bridgehead atoms. The van der Waals surface area contributed by atoms with Crippen LogP contribution in [0.2, 0.25) is 0 Å². The van der Waals surface area contributed by atoms with Crippen molar-refractivity contribution in [2.75, 3.05) is 26.2 Å². The van der Waals surface area contributed by atoms with Crippen LogP contribution in [0.1, 0.15) is 57.3 Å². The highest BCUT2D eigenvalue weighted by Gasteiger charge is 2.28. The largest absolute Gasteiger partial charge is 0.335 e. The molecule has 7 nitrogen and oxygen atoms in total. The number of sulfone groups is 1. The fourth-order valence-electron chi connectivity index (χ4n) is 4.27. The summed E-state index contributed by atoms with van der Waals surface area (Å²) in [5.74, 6) is -0.466. The number of piperazine rings is 1. The lowest BCUT2D eigenvalue weighted by molar-refractivity contribution is 0.0532. The molecule has 1 aromatic heterocycles. The molecule has 2 heterocycles. The summed E-state index contributed by atoms with van der Waals surface area (Å²) in [7, 11) is -3.62. The molecule has 0 atom stereocenters. The molecule has 0 radical (unpaired) electrons. The molecule has 9 heteroatoms. The van der Waals surface area contributed by atoms with E-state index in [4.69, 9.17) is 0 Å². The Kier molecular flexibility index (Phi) is 8.21. The van der Waals surface area contributed by atoms with E-state index in [1.807, 2.05) is 24.3 Å². The highest BCUT2D eigenvalue weighted by molar-refractivity contribution is 7.90. The topological polar surface area (TPSA) is 87.7 Å². The third-order valence-corrected chi connectivity index (χ3v) is 8.77. The highest BCUT2D eigenvalue weighted by Crippen LogP contribution is 2.22. The fraction of sp³-hybridized carbons (Fsp3) is 0.370. The average molecular weight is 526 g/mol. The molecule has 2 amide bonds. The van der Waals surface area contributed by atoms with Crippen LogP contribution in [0, 0.1) is 6.92 Å². The molecule has 36 heavy (non-hydrogen) atoms. The summed E-state index contributed by atoms with van der Waals surface area (Å²) in [6, 6.07) is 12.5.